The van der Waals surface area contributed by atoms with Crippen LogP contribution in [-0.4, -0.2) is 9.67 Å². The maximum atomic E-state index is 5.11. The van der Waals surface area contributed by atoms with Gasteiger partial charge in [-0.05, 0) is 10.8 Å². The molecular formula is C12H10Cl4. The highest BCUT2D eigenvalue weighted by molar-refractivity contribution is 6.56. The Morgan fingerprint density at radius 1 is 0.562 bits per heavy atom. The predicted octanol–water partition coefficient (Wildman–Crippen LogP) is 5.43. The third-order valence-corrected chi connectivity index (χ3v) is 3.37. The number of alkyl halides is 4. The molecule has 86 valence electrons. The van der Waals surface area contributed by atoms with E-state index in [1.807, 2.05) is 0 Å². The summed E-state index contributed by atoms with van der Waals surface area (Å²) in [6, 6.07) is 16.7. The first-order chi connectivity index (χ1) is 7.61. The van der Waals surface area contributed by atoms with Crippen LogP contribution in [0.15, 0.2) is 48.5 Å². The summed E-state index contributed by atoms with van der Waals surface area (Å²) >= 11 is 20.5. The minimum atomic E-state index is -0.673. The molecule has 0 aliphatic heterocycles. The van der Waals surface area contributed by atoms with Crippen molar-refractivity contribution >= 4 is 57.2 Å². The van der Waals surface area contributed by atoms with Crippen molar-refractivity contribution in [1.29, 1.82) is 0 Å². The van der Waals surface area contributed by atoms with Gasteiger partial charge in [0, 0.05) is 0 Å². The second-order valence-electron chi connectivity index (χ2n) is 3.02. The molecule has 0 saturated heterocycles. The Balaban J connectivity index is 0.000000187. The molecule has 0 saturated carbocycles. The first kappa shape index (κ1) is 13.9. The van der Waals surface area contributed by atoms with Crippen molar-refractivity contribution in [3.05, 3.63) is 48.5 Å². The quantitative estimate of drug-likeness (QED) is 0.615. The lowest BCUT2D eigenvalue weighted by atomic mass is 10.1. The van der Waals surface area contributed by atoms with Gasteiger partial charge in [-0.3, -0.25) is 0 Å². The number of hydrogen-bond acceptors (Lipinski definition) is 0. The van der Waals surface area contributed by atoms with Crippen molar-refractivity contribution in [3.8, 4) is 0 Å². The molecule has 0 amide bonds. The van der Waals surface area contributed by atoms with E-state index in [1.54, 1.807) is 0 Å². The number of rotatable bonds is 1. The fourth-order valence-electron chi connectivity index (χ4n) is 1.13. The van der Waals surface area contributed by atoms with E-state index in [4.69, 9.17) is 46.4 Å². The van der Waals surface area contributed by atoms with E-state index in [0.29, 0.717) is 0 Å². The number of hydrogen-bond donors (Lipinski definition) is 0. The van der Waals surface area contributed by atoms with Crippen molar-refractivity contribution in [2.45, 2.75) is 9.67 Å². The average Bonchev–Trinajstić information content (AvgIpc) is 2.30. The third kappa shape index (κ3) is 4.80. The Morgan fingerprint density at radius 3 is 1.00 bits per heavy atom. The maximum Gasteiger partial charge on any atom is 0.137 e. The van der Waals surface area contributed by atoms with E-state index in [2.05, 4.69) is 48.5 Å². The van der Waals surface area contributed by atoms with E-state index in [1.165, 1.54) is 10.8 Å². The highest BCUT2D eigenvalue weighted by atomic mass is 35.5. The molecular weight excluding hydrogens is 286 g/mol. The summed E-state index contributed by atoms with van der Waals surface area (Å²) in [5.41, 5.74) is 0. The average molecular weight is 296 g/mol. The van der Waals surface area contributed by atoms with Crippen LogP contribution in [0.3, 0.4) is 0 Å². The molecule has 0 bridgehead atoms. The van der Waals surface area contributed by atoms with Gasteiger partial charge < -0.3 is 0 Å². The van der Waals surface area contributed by atoms with Crippen molar-refractivity contribution in [2.75, 3.05) is 0 Å². The molecule has 0 fully saturated rings. The molecule has 0 nitrogen and oxygen atoms in total. The van der Waals surface area contributed by atoms with Crippen LogP contribution in [0.5, 0.6) is 0 Å². The highest BCUT2D eigenvalue weighted by Gasteiger charge is 2.06. The highest BCUT2D eigenvalue weighted by Crippen LogP contribution is 2.16. The Bertz CT molecular complexity index is 355. The third-order valence-electron chi connectivity index (χ3n) is 1.85. The summed E-state index contributed by atoms with van der Waals surface area (Å²) in [5, 5.41) is 2.62. The minimum Gasteiger partial charge on any atom is -0.102 e. The molecule has 0 radical (unpaired) electrons. The van der Waals surface area contributed by atoms with Crippen molar-refractivity contribution in [1.82, 2.24) is 0 Å². The lowest BCUT2D eigenvalue weighted by molar-refractivity contribution is 1.29. The molecule has 0 N–H and O–H groups in total. The Labute approximate surface area is 115 Å². The first-order valence-electron chi connectivity index (χ1n) is 4.61. The normalized spacial score (nSPS) is 10.4. The lowest BCUT2D eigenvalue weighted by Crippen LogP contribution is -1.96. The molecule has 0 atom stereocenters. The van der Waals surface area contributed by atoms with Gasteiger partial charge in [0.1, 0.15) is 9.67 Å². The number of fused-ring (bicyclic) bond motifs is 1. The zero-order valence-electron chi connectivity index (χ0n) is 8.29. The van der Waals surface area contributed by atoms with Gasteiger partial charge in [0.05, 0.1) is 0 Å². The van der Waals surface area contributed by atoms with Crippen LogP contribution in [0.25, 0.3) is 10.8 Å². The van der Waals surface area contributed by atoms with E-state index >= 15 is 0 Å². The van der Waals surface area contributed by atoms with Gasteiger partial charge in [-0.15, -0.1) is 46.4 Å². The van der Waals surface area contributed by atoms with Gasteiger partial charge in [0.25, 0.3) is 0 Å². The molecule has 0 unspecified atom stereocenters. The molecule has 0 aliphatic carbocycles. The maximum absolute atomic E-state index is 5.11. The molecule has 2 aromatic rings. The standard InChI is InChI=1S/C10H8.C2H2Cl4/c1-2-6-10-8-4-3-7-9(10)5-1;3-1(4)2(5)6/h1-8H;1-2H. The van der Waals surface area contributed by atoms with Gasteiger partial charge >= 0.3 is 0 Å². The summed E-state index contributed by atoms with van der Waals surface area (Å²) in [4.78, 5) is -1.35. The molecule has 2 aromatic carbocycles. The topological polar surface area (TPSA) is 0 Å². The zero-order valence-corrected chi connectivity index (χ0v) is 11.3. The number of benzene rings is 2. The molecule has 16 heavy (non-hydrogen) atoms. The SMILES string of the molecule is ClC(Cl)C(Cl)Cl.c1ccc2ccccc2c1. The molecule has 0 aliphatic rings. The summed E-state index contributed by atoms with van der Waals surface area (Å²) in [6.07, 6.45) is 0. The molecule has 0 aromatic heterocycles. The first-order valence-corrected chi connectivity index (χ1v) is 6.36. The van der Waals surface area contributed by atoms with Crippen LogP contribution >= 0.6 is 46.4 Å². The van der Waals surface area contributed by atoms with Gasteiger partial charge in [-0.2, -0.15) is 0 Å². The molecule has 4 heteroatoms. The molecule has 0 heterocycles. The fraction of sp³-hybridized carbons (Fsp3) is 0.167. The zero-order chi connectivity index (χ0) is 12.0. The van der Waals surface area contributed by atoms with Gasteiger partial charge in [0.15, 0.2) is 0 Å². The van der Waals surface area contributed by atoms with Crippen LogP contribution in [0.4, 0.5) is 0 Å². The van der Waals surface area contributed by atoms with Crippen LogP contribution in [0.2, 0.25) is 0 Å². The van der Waals surface area contributed by atoms with Crippen molar-refractivity contribution in [2.24, 2.45) is 0 Å². The van der Waals surface area contributed by atoms with Gasteiger partial charge in [0.2, 0.25) is 0 Å². The summed E-state index contributed by atoms with van der Waals surface area (Å²) in [6.45, 7) is 0. The smallest absolute Gasteiger partial charge is 0.102 e. The van der Waals surface area contributed by atoms with E-state index < -0.39 is 9.67 Å². The summed E-state index contributed by atoms with van der Waals surface area (Å²) < 4.78 is 0. The number of halogens is 4. The summed E-state index contributed by atoms with van der Waals surface area (Å²) in [7, 11) is 0. The van der Waals surface area contributed by atoms with Crippen LogP contribution in [-0.2, 0) is 0 Å². The summed E-state index contributed by atoms with van der Waals surface area (Å²) in [5.74, 6) is 0. The second kappa shape index (κ2) is 7.24. The Hall–Kier alpha value is -0.140. The monoisotopic (exact) mass is 294 g/mol. The van der Waals surface area contributed by atoms with Crippen molar-refractivity contribution in [3.63, 3.8) is 0 Å². The molecule has 2 rings (SSSR count). The van der Waals surface area contributed by atoms with Gasteiger partial charge in [-0.25, -0.2) is 0 Å². The Morgan fingerprint density at radius 2 is 0.812 bits per heavy atom. The van der Waals surface area contributed by atoms with Crippen LogP contribution in [0.1, 0.15) is 0 Å². The Kier molecular flexibility index (Phi) is 6.30. The fourth-order valence-corrected chi connectivity index (χ4v) is 1.13. The van der Waals surface area contributed by atoms with Crippen LogP contribution in [0, 0.1) is 0 Å². The second-order valence-corrected chi connectivity index (χ2v) is 5.34. The minimum absolute atomic E-state index is 0.673. The van der Waals surface area contributed by atoms with E-state index in [-0.39, 0.29) is 0 Å². The van der Waals surface area contributed by atoms with E-state index in [0.717, 1.165) is 0 Å². The van der Waals surface area contributed by atoms with Crippen molar-refractivity contribution < 1.29 is 0 Å². The largest absolute Gasteiger partial charge is 0.137 e. The van der Waals surface area contributed by atoms with Crippen LogP contribution < -0.4 is 0 Å². The predicted molar refractivity (Wildman–Crippen MR) is 74.9 cm³/mol. The van der Waals surface area contributed by atoms with Gasteiger partial charge in [-0.1, -0.05) is 48.5 Å². The lowest BCUT2D eigenvalue weighted by Gasteiger charge is -1.95. The van der Waals surface area contributed by atoms with E-state index in [9.17, 15) is 0 Å². The molecule has 0 spiro atoms.